The average Bonchev–Trinajstić information content (AvgIpc) is 3.22. The Labute approximate surface area is 143 Å². The third-order valence-corrected chi connectivity index (χ3v) is 3.88. The number of imide groups is 1. The van der Waals surface area contributed by atoms with Crippen LogP contribution in [0, 0.1) is 0 Å². The first kappa shape index (κ1) is 15.3. The van der Waals surface area contributed by atoms with E-state index in [1.165, 1.54) is 0 Å². The van der Waals surface area contributed by atoms with Crippen LogP contribution in [0.4, 0.5) is 0 Å². The number of hydrogen-bond acceptors (Lipinski definition) is 6. The number of carbonyl (C=O) groups is 2. The molecule has 0 atom stereocenters. The number of benzene rings is 2. The van der Waals surface area contributed by atoms with Gasteiger partial charge in [-0.05, 0) is 35.4 Å². The molecule has 7 nitrogen and oxygen atoms in total. The Bertz CT molecular complexity index is 778. The van der Waals surface area contributed by atoms with E-state index in [1.807, 2.05) is 0 Å². The Morgan fingerprint density at radius 2 is 1.16 bits per heavy atom. The fourth-order valence-electron chi connectivity index (χ4n) is 2.72. The van der Waals surface area contributed by atoms with Crippen molar-refractivity contribution in [1.29, 1.82) is 0 Å². The van der Waals surface area contributed by atoms with Gasteiger partial charge in [0.1, 0.15) is 0 Å². The maximum absolute atomic E-state index is 12.1. The molecule has 2 aliphatic rings. The zero-order valence-electron chi connectivity index (χ0n) is 13.2. The fraction of sp³-hybridized carbons (Fsp3) is 0.222. The van der Waals surface area contributed by atoms with E-state index < -0.39 is 0 Å². The molecule has 0 aliphatic carbocycles. The van der Waals surface area contributed by atoms with Crippen LogP contribution in [0.3, 0.4) is 0 Å². The van der Waals surface area contributed by atoms with Crippen molar-refractivity contribution in [3.05, 3.63) is 47.5 Å². The Balaban J connectivity index is 1.33. The first-order valence-corrected chi connectivity index (χ1v) is 7.77. The monoisotopic (exact) mass is 341 g/mol. The normalized spacial score (nSPS) is 13.6. The van der Waals surface area contributed by atoms with Gasteiger partial charge >= 0.3 is 0 Å². The van der Waals surface area contributed by atoms with Crippen molar-refractivity contribution in [2.24, 2.45) is 0 Å². The van der Waals surface area contributed by atoms with Gasteiger partial charge in [-0.15, -0.1) is 0 Å². The van der Waals surface area contributed by atoms with E-state index in [2.05, 4.69) is 5.32 Å². The van der Waals surface area contributed by atoms with Crippen LogP contribution in [0.2, 0.25) is 0 Å². The molecule has 2 aromatic rings. The summed E-state index contributed by atoms with van der Waals surface area (Å²) in [5.74, 6) is 1.79. The highest BCUT2D eigenvalue weighted by molar-refractivity contribution is 5.97. The highest BCUT2D eigenvalue weighted by atomic mass is 16.7. The van der Waals surface area contributed by atoms with E-state index in [9.17, 15) is 9.59 Å². The molecule has 4 rings (SSSR count). The summed E-state index contributed by atoms with van der Waals surface area (Å²) in [4.78, 5) is 24.1. The Morgan fingerprint density at radius 3 is 1.64 bits per heavy atom. The van der Waals surface area contributed by atoms with Crippen molar-refractivity contribution >= 4 is 11.8 Å². The highest BCUT2D eigenvalue weighted by Gasteiger charge is 2.17. The van der Waals surface area contributed by atoms with Gasteiger partial charge in [0.2, 0.25) is 25.4 Å². The van der Waals surface area contributed by atoms with Crippen LogP contribution in [0.1, 0.15) is 11.1 Å². The van der Waals surface area contributed by atoms with Gasteiger partial charge in [0.25, 0.3) is 0 Å². The summed E-state index contributed by atoms with van der Waals surface area (Å²) in [5, 5.41) is 2.39. The molecule has 1 N–H and O–H groups in total. The number of rotatable bonds is 4. The van der Waals surface area contributed by atoms with E-state index in [0.717, 1.165) is 11.1 Å². The quantitative estimate of drug-likeness (QED) is 0.909. The van der Waals surface area contributed by atoms with E-state index >= 15 is 0 Å². The molecule has 0 saturated carbocycles. The molecule has 2 aliphatic heterocycles. The Hall–Kier alpha value is -3.22. The summed E-state index contributed by atoms with van der Waals surface area (Å²) in [6.07, 6.45) is 0.174. The minimum absolute atomic E-state index is 0.0868. The molecule has 2 heterocycles. The lowest BCUT2D eigenvalue weighted by Crippen LogP contribution is -2.32. The van der Waals surface area contributed by atoms with E-state index in [-0.39, 0.29) is 38.2 Å². The van der Waals surface area contributed by atoms with Crippen LogP contribution in [0.25, 0.3) is 0 Å². The van der Waals surface area contributed by atoms with E-state index in [4.69, 9.17) is 18.9 Å². The molecule has 0 fully saturated rings. The molecule has 0 saturated heterocycles. The minimum atomic E-state index is -0.371. The lowest BCUT2D eigenvalue weighted by Gasteiger charge is -2.06. The maximum atomic E-state index is 12.1. The summed E-state index contributed by atoms with van der Waals surface area (Å²) in [7, 11) is 0. The van der Waals surface area contributed by atoms with Gasteiger partial charge in [-0.1, -0.05) is 12.1 Å². The van der Waals surface area contributed by atoms with Crippen LogP contribution >= 0.6 is 0 Å². The molecule has 2 amide bonds. The van der Waals surface area contributed by atoms with Gasteiger partial charge in [-0.2, -0.15) is 0 Å². The summed E-state index contributed by atoms with van der Waals surface area (Å²) >= 11 is 0. The van der Waals surface area contributed by atoms with Crippen molar-refractivity contribution in [3.8, 4) is 23.0 Å². The van der Waals surface area contributed by atoms with E-state index in [0.29, 0.717) is 23.0 Å². The molecule has 128 valence electrons. The molecule has 0 radical (unpaired) electrons. The van der Waals surface area contributed by atoms with Gasteiger partial charge in [0.15, 0.2) is 23.0 Å². The number of nitrogens with one attached hydrogen (secondary N) is 1. The van der Waals surface area contributed by atoms with Crippen molar-refractivity contribution in [1.82, 2.24) is 5.32 Å². The molecule has 25 heavy (non-hydrogen) atoms. The number of fused-ring (bicyclic) bond motifs is 2. The second-order valence-electron chi connectivity index (χ2n) is 5.70. The second-order valence-corrected chi connectivity index (χ2v) is 5.70. The number of ether oxygens (including phenoxy) is 4. The van der Waals surface area contributed by atoms with Crippen LogP contribution in [0.15, 0.2) is 36.4 Å². The zero-order chi connectivity index (χ0) is 17.2. The van der Waals surface area contributed by atoms with Crippen molar-refractivity contribution < 1.29 is 28.5 Å². The van der Waals surface area contributed by atoms with Crippen molar-refractivity contribution in [2.45, 2.75) is 12.8 Å². The molecule has 0 bridgehead atoms. The molecule has 7 heteroatoms. The van der Waals surface area contributed by atoms with Gasteiger partial charge in [-0.3, -0.25) is 14.9 Å². The Kier molecular flexibility index (Phi) is 3.89. The lowest BCUT2D eigenvalue weighted by atomic mass is 10.1. The molecule has 0 spiro atoms. The zero-order valence-corrected chi connectivity index (χ0v) is 13.2. The van der Waals surface area contributed by atoms with E-state index in [1.54, 1.807) is 36.4 Å². The first-order chi connectivity index (χ1) is 12.2. The number of hydrogen-bond donors (Lipinski definition) is 1. The van der Waals surface area contributed by atoms with Crippen molar-refractivity contribution in [2.75, 3.05) is 13.6 Å². The molecular weight excluding hydrogens is 326 g/mol. The highest BCUT2D eigenvalue weighted by Crippen LogP contribution is 2.33. The molecule has 0 unspecified atom stereocenters. The standard InChI is InChI=1S/C18H15NO6/c20-17(7-11-1-3-13-15(5-11)24-9-22-13)19-18(21)8-12-2-4-14-16(6-12)25-10-23-14/h1-6H,7-10H2,(H,19,20,21). The minimum Gasteiger partial charge on any atom is -0.454 e. The van der Waals surface area contributed by atoms with Crippen LogP contribution in [-0.2, 0) is 22.4 Å². The smallest absolute Gasteiger partial charge is 0.231 e. The summed E-state index contributed by atoms with van der Waals surface area (Å²) < 4.78 is 21.0. The summed E-state index contributed by atoms with van der Waals surface area (Å²) in [6.45, 7) is 0.359. The predicted octanol–water partition coefficient (Wildman–Crippen LogP) is 1.57. The second kappa shape index (κ2) is 6.35. The van der Waals surface area contributed by atoms with Gasteiger partial charge in [0.05, 0.1) is 12.8 Å². The third kappa shape index (κ3) is 3.35. The number of amides is 2. The van der Waals surface area contributed by atoms with Crippen molar-refractivity contribution in [3.63, 3.8) is 0 Å². The SMILES string of the molecule is O=C(Cc1ccc2c(c1)OCO2)NC(=O)Cc1ccc2c(c1)OCO2. The van der Waals surface area contributed by atoms with Gasteiger partial charge < -0.3 is 18.9 Å². The summed E-state index contributed by atoms with van der Waals surface area (Å²) in [6, 6.07) is 10.5. The average molecular weight is 341 g/mol. The lowest BCUT2D eigenvalue weighted by molar-refractivity contribution is -0.129. The summed E-state index contributed by atoms with van der Waals surface area (Å²) in [5.41, 5.74) is 1.50. The van der Waals surface area contributed by atoms with Crippen LogP contribution in [-0.4, -0.2) is 25.4 Å². The van der Waals surface area contributed by atoms with Gasteiger partial charge in [0, 0.05) is 0 Å². The molecular formula is C18H15NO6. The molecule has 0 aromatic heterocycles. The first-order valence-electron chi connectivity index (χ1n) is 7.77. The number of carbonyl (C=O) groups excluding carboxylic acids is 2. The largest absolute Gasteiger partial charge is 0.454 e. The third-order valence-electron chi connectivity index (χ3n) is 3.88. The maximum Gasteiger partial charge on any atom is 0.231 e. The molecule has 2 aromatic carbocycles. The van der Waals surface area contributed by atoms with Crippen LogP contribution in [0.5, 0.6) is 23.0 Å². The predicted molar refractivity (Wildman–Crippen MR) is 85.7 cm³/mol. The fourth-order valence-corrected chi connectivity index (χ4v) is 2.72. The Morgan fingerprint density at radius 1 is 0.720 bits per heavy atom. The van der Waals surface area contributed by atoms with Gasteiger partial charge in [-0.25, -0.2) is 0 Å². The van der Waals surface area contributed by atoms with Crippen LogP contribution < -0.4 is 24.3 Å². The topological polar surface area (TPSA) is 83.1 Å².